The van der Waals surface area contributed by atoms with E-state index in [9.17, 15) is 18.0 Å². The zero-order valence-corrected chi connectivity index (χ0v) is 13.5. The average molecular weight is 347 g/mol. The predicted octanol–water partition coefficient (Wildman–Crippen LogP) is 3.40. The highest BCUT2D eigenvalue weighted by Crippen LogP contribution is 2.19. The second-order valence-corrected chi connectivity index (χ2v) is 5.66. The molecular weight excluding hydrogens is 331 g/mol. The van der Waals surface area contributed by atoms with Gasteiger partial charge in [-0.1, -0.05) is 18.2 Å². The second kappa shape index (κ2) is 7.79. The van der Waals surface area contributed by atoms with Crippen molar-refractivity contribution >= 4 is 5.91 Å². The Bertz CT molecular complexity index is 762. The van der Waals surface area contributed by atoms with Crippen molar-refractivity contribution in [3.63, 3.8) is 0 Å². The monoisotopic (exact) mass is 347 g/mol. The molecule has 0 saturated heterocycles. The van der Waals surface area contributed by atoms with E-state index in [0.29, 0.717) is 16.7 Å². The number of hydrogen-bond donors (Lipinski definition) is 0. The van der Waals surface area contributed by atoms with Crippen LogP contribution < -0.4 is 0 Å². The third kappa shape index (κ3) is 5.92. The lowest BCUT2D eigenvalue weighted by Crippen LogP contribution is -2.39. The summed E-state index contributed by atoms with van der Waals surface area (Å²) in [5, 5.41) is 8.77. The number of alkyl halides is 3. The fourth-order valence-electron chi connectivity index (χ4n) is 2.24. The van der Waals surface area contributed by atoms with E-state index >= 15 is 0 Å². The first kappa shape index (κ1) is 18.5. The molecular formula is C18H16F3N3O. The molecule has 1 aromatic heterocycles. The quantitative estimate of drug-likeness (QED) is 0.833. The van der Waals surface area contributed by atoms with E-state index in [2.05, 4.69) is 4.98 Å². The summed E-state index contributed by atoms with van der Waals surface area (Å²) in [6.45, 7) is 0.279. The van der Waals surface area contributed by atoms with Crippen LogP contribution in [0.3, 0.4) is 0 Å². The summed E-state index contributed by atoms with van der Waals surface area (Å²) in [6.07, 6.45) is -3.16. The molecule has 1 aromatic carbocycles. The van der Waals surface area contributed by atoms with Crippen LogP contribution in [-0.2, 0) is 17.8 Å². The maximum atomic E-state index is 12.8. The van der Waals surface area contributed by atoms with E-state index in [1.165, 1.54) is 18.3 Å². The topological polar surface area (TPSA) is 57.0 Å². The minimum absolute atomic E-state index is 0.153. The van der Waals surface area contributed by atoms with Gasteiger partial charge in [-0.25, -0.2) is 0 Å². The summed E-state index contributed by atoms with van der Waals surface area (Å²) in [7, 11) is 0. The van der Waals surface area contributed by atoms with Crippen molar-refractivity contribution in [3.05, 3.63) is 65.0 Å². The van der Waals surface area contributed by atoms with Gasteiger partial charge in [0.2, 0.25) is 5.91 Å². The third-order valence-corrected chi connectivity index (χ3v) is 3.51. The summed E-state index contributed by atoms with van der Waals surface area (Å²) in [5.41, 5.74) is 2.25. The summed E-state index contributed by atoms with van der Waals surface area (Å²) >= 11 is 0. The van der Waals surface area contributed by atoms with Crippen LogP contribution >= 0.6 is 0 Å². The number of amides is 1. The average Bonchev–Trinajstić information content (AvgIpc) is 2.56. The molecule has 2 aromatic rings. The van der Waals surface area contributed by atoms with Crippen molar-refractivity contribution in [2.45, 2.75) is 26.1 Å². The molecule has 0 N–H and O–H groups in total. The van der Waals surface area contributed by atoms with E-state index < -0.39 is 18.6 Å². The van der Waals surface area contributed by atoms with Gasteiger partial charge < -0.3 is 4.90 Å². The lowest BCUT2D eigenvalue weighted by molar-refractivity contribution is -0.162. The van der Waals surface area contributed by atoms with Crippen molar-refractivity contribution < 1.29 is 18.0 Å². The summed E-state index contributed by atoms with van der Waals surface area (Å²) < 4.78 is 38.5. The Morgan fingerprint density at radius 2 is 1.80 bits per heavy atom. The molecule has 0 aliphatic rings. The Kier molecular flexibility index (Phi) is 5.75. The number of carbonyl (C=O) groups is 1. The van der Waals surface area contributed by atoms with Crippen molar-refractivity contribution in [2.75, 3.05) is 6.54 Å². The lowest BCUT2D eigenvalue weighted by Gasteiger charge is -2.24. The zero-order chi connectivity index (χ0) is 18.4. The van der Waals surface area contributed by atoms with E-state index in [-0.39, 0.29) is 13.0 Å². The fraction of sp³-hybridized carbons (Fsp3) is 0.278. The smallest absolute Gasteiger partial charge is 0.329 e. The fourth-order valence-corrected chi connectivity index (χ4v) is 2.24. The number of hydrogen-bond acceptors (Lipinski definition) is 3. The van der Waals surface area contributed by atoms with Gasteiger partial charge in [0.15, 0.2) is 0 Å². The first-order valence-corrected chi connectivity index (χ1v) is 7.52. The van der Waals surface area contributed by atoms with Gasteiger partial charge in [0, 0.05) is 18.4 Å². The molecule has 0 saturated carbocycles. The number of pyridine rings is 1. The highest BCUT2D eigenvalue weighted by molar-refractivity contribution is 5.78. The summed E-state index contributed by atoms with van der Waals surface area (Å²) in [5.74, 6) is -0.632. The van der Waals surface area contributed by atoms with Gasteiger partial charge in [0.25, 0.3) is 0 Å². The van der Waals surface area contributed by atoms with Crippen LogP contribution in [0.25, 0.3) is 0 Å². The second-order valence-electron chi connectivity index (χ2n) is 5.66. The number of rotatable bonds is 5. The largest absolute Gasteiger partial charge is 0.406 e. The van der Waals surface area contributed by atoms with E-state index in [4.69, 9.17) is 5.26 Å². The first-order valence-electron chi connectivity index (χ1n) is 7.52. The van der Waals surface area contributed by atoms with Gasteiger partial charge in [-0.2, -0.15) is 18.4 Å². The minimum atomic E-state index is -4.49. The molecule has 0 spiro atoms. The van der Waals surface area contributed by atoms with Crippen LogP contribution in [0.4, 0.5) is 13.2 Å². The summed E-state index contributed by atoms with van der Waals surface area (Å²) in [4.78, 5) is 17.2. The molecule has 7 heteroatoms. The maximum absolute atomic E-state index is 12.8. The molecule has 0 atom stereocenters. The molecule has 0 aliphatic heterocycles. The van der Waals surface area contributed by atoms with Gasteiger partial charge in [-0.15, -0.1) is 0 Å². The number of nitriles is 1. The highest BCUT2D eigenvalue weighted by Gasteiger charge is 2.33. The SMILES string of the molecule is Cc1ccc(CC(=O)N(Cc2ccc(C#N)cc2)CC(F)(F)F)cn1. The van der Waals surface area contributed by atoms with Crippen molar-refractivity contribution in [1.82, 2.24) is 9.88 Å². The van der Waals surface area contributed by atoms with Crippen molar-refractivity contribution in [2.24, 2.45) is 0 Å². The Morgan fingerprint density at radius 3 is 2.32 bits per heavy atom. The Hall–Kier alpha value is -2.88. The maximum Gasteiger partial charge on any atom is 0.406 e. The number of aromatic nitrogens is 1. The van der Waals surface area contributed by atoms with Gasteiger partial charge in [0.1, 0.15) is 6.54 Å². The Labute approximate surface area is 143 Å². The van der Waals surface area contributed by atoms with Gasteiger partial charge in [-0.05, 0) is 36.2 Å². The van der Waals surface area contributed by atoms with Crippen LogP contribution in [-0.4, -0.2) is 28.5 Å². The number of aryl methyl sites for hydroxylation is 1. The molecule has 0 unspecified atom stereocenters. The number of halogens is 3. The Balaban J connectivity index is 2.14. The number of benzene rings is 1. The van der Waals surface area contributed by atoms with Gasteiger partial charge in [-0.3, -0.25) is 9.78 Å². The van der Waals surface area contributed by atoms with Crippen LogP contribution in [0.1, 0.15) is 22.4 Å². The van der Waals surface area contributed by atoms with E-state index in [0.717, 1.165) is 10.6 Å². The van der Waals surface area contributed by atoms with Crippen LogP contribution in [0, 0.1) is 18.3 Å². The molecule has 25 heavy (non-hydrogen) atoms. The van der Waals surface area contributed by atoms with Crippen LogP contribution in [0.5, 0.6) is 0 Å². The molecule has 0 radical (unpaired) electrons. The van der Waals surface area contributed by atoms with Gasteiger partial charge in [0.05, 0.1) is 18.1 Å². The molecule has 130 valence electrons. The van der Waals surface area contributed by atoms with E-state index in [1.54, 1.807) is 31.2 Å². The predicted molar refractivity (Wildman–Crippen MR) is 85.3 cm³/mol. The number of carbonyl (C=O) groups excluding carboxylic acids is 1. The Morgan fingerprint density at radius 1 is 1.16 bits per heavy atom. The molecule has 1 amide bonds. The lowest BCUT2D eigenvalue weighted by atomic mass is 10.1. The van der Waals surface area contributed by atoms with Crippen molar-refractivity contribution in [3.8, 4) is 6.07 Å². The molecule has 0 aliphatic carbocycles. The van der Waals surface area contributed by atoms with Crippen LogP contribution in [0.15, 0.2) is 42.6 Å². The third-order valence-electron chi connectivity index (χ3n) is 3.51. The van der Waals surface area contributed by atoms with Crippen molar-refractivity contribution in [1.29, 1.82) is 5.26 Å². The van der Waals surface area contributed by atoms with E-state index in [1.807, 2.05) is 6.07 Å². The minimum Gasteiger partial charge on any atom is -0.329 e. The molecule has 4 nitrogen and oxygen atoms in total. The highest BCUT2D eigenvalue weighted by atomic mass is 19.4. The standard InChI is InChI=1S/C18H16F3N3O/c1-13-2-3-16(10-23-13)8-17(25)24(12-18(19,20)21)11-15-6-4-14(9-22)5-7-15/h2-7,10H,8,11-12H2,1H3. The zero-order valence-electron chi connectivity index (χ0n) is 13.5. The first-order chi connectivity index (χ1) is 11.8. The molecule has 1 heterocycles. The molecule has 0 bridgehead atoms. The normalized spacial score (nSPS) is 11.0. The van der Waals surface area contributed by atoms with Gasteiger partial charge >= 0.3 is 6.18 Å². The summed E-state index contributed by atoms with van der Waals surface area (Å²) in [6, 6.07) is 11.4. The molecule has 0 fully saturated rings. The molecule has 2 rings (SSSR count). The van der Waals surface area contributed by atoms with Crippen LogP contribution in [0.2, 0.25) is 0 Å². The number of nitrogens with zero attached hydrogens (tertiary/aromatic N) is 3.